The molecule has 0 fully saturated rings. The first-order chi connectivity index (χ1) is 11.4. The Balaban J connectivity index is 2.05. The number of aliphatic hydroxyl groups is 1. The van der Waals surface area contributed by atoms with E-state index in [2.05, 4.69) is 15.1 Å². The van der Waals surface area contributed by atoms with E-state index in [4.69, 9.17) is 5.26 Å². The van der Waals surface area contributed by atoms with Gasteiger partial charge in [-0.15, -0.1) is 0 Å². The molecule has 0 amide bonds. The van der Waals surface area contributed by atoms with Gasteiger partial charge < -0.3 is 5.11 Å². The van der Waals surface area contributed by atoms with E-state index >= 15 is 0 Å². The maximum absolute atomic E-state index is 13.4. The van der Waals surface area contributed by atoms with Crippen molar-refractivity contribution in [3.05, 3.63) is 54.1 Å². The number of anilines is 1. The van der Waals surface area contributed by atoms with E-state index in [1.54, 1.807) is 0 Å². The Morgan fingerprint density at radius 1 is 1.21 bits per heavy atom. The molecule has 9 heteroatoms. The number of alkyl halides is 3. The molecule has 122 valence electrons. The van der Waals surface area contributed by atoms with Gasteiger partial charge in [-0.3, -0.25) is 4.98 Å². The number of aromatic nitrogens is 2. The summed E-state index contributed by atoms with van der Waals surface area (Å²) in [5.74, 6) is -2.18. The van der Waals surface area contributed by atoms with Gasteiger partial charge in [0.05, 0.1) is 17.6 Å². The number of nitrogens with zero attached hydrogens (tertiary/aromatic N) is 5. The number of pyridine rings is 2. The van der Waals surface area contributed by atoms with E-state index in [1.165, 1.54) is 42.9 Å². The molecule has 2 atom stereocenters. The van der Waals surface area contributed by atoms with Crippen LogP contribution in [0.1, 0.15) is 11.3 Å². The molecule has 3 heterocycles. The number of rotatable bonds is 2. The van der Waals surface area contributed by atoms with Gasteiger partial charge >= 0.3 is 6.18 Å². The molecule has 24 heavy (non-hydrogen) atoms. The van der Waals surface area contributed by atoms with Crippen LogP contribution in [0.3, 0.4) is 0 Å². The average molecular weight is 333 g/mol. The van der Waals surface area contributed by atoms with Crippen LogP contribution in [0.2, 0.25) is 0 Å². The smallest absolute Gasteiger partial charge is 0.371 e. The second-order valence-electron chi connectivity index (χ2n) is 5.02. The molecular weight excluding hydrogens is 323 g/mol. The predicted octanol–water partition coefficient (Wildman–Crippen LogP) is 2.07. The van der Waals surface area contributed by atoms with Crippen molar-refractivity contribution in [3.8, 4) is 6.07 Å². The van der Waals surface area contributed by atoms with Crippen LogP contribution in [-0.4, -0.2) is 33.2 Å². The van der Waals surface area contributed by atoms with Gasteiger partial charge in [0, 0.05) is 18.0 Å². The Kier molecular flexibility index (Phi) is 3.91. The first-order valence-electron chi connectivity index (χ1n) is 6.81. The largest absolute Gasteiger partial charge is 0.401 e. The molecule has 0 saturated heterocycles. The predicted molar refractivity (Wildman–Crippen MR) is 77.8 cm³/mol. The van der Waals surface area contributed by atoms with Crippen molar-refractivity contribution in [1.29, 1.82) is 5.26 Å². The second kappa shape index (κ2) is 5.90. The maximum Gasteiger partial charge on any atom is 0.401 e. The summed E-state index contributed by atoms with van der Waals surface area (Å²) in [5.41, 5.74) is 0.0985. The third-order valence-electron chi connectivity index (χ3n) is 3.50. The second-order valence-corrected chi connectivity index (χ2v) is 5.02. The van der Waals surface area contributed by atoms with Gasteiger partial charge in [0.15, 0.2) is 6.23 Å². The van der Waals surface area contributed by atoms with E-state index < -0.39 is 18.3 Å². The molecule has 0 bridgehead atoms. The van der Waals surface area contributed by atoms with Crippen LogP contribution in [0.25, 0.3) is 0 Å². The molecule has 6 nitrogen and oxygen atoms in total. The van der Waals surface area contributed by atoms with E-state index in [1.807, 2.05) is 6.07 Å². The van der Waals surface area contributed by atoms with Crippen LogP contribution in [0.5, 0.6) is 0 Å². The summed E-state index contributed by atoms with van der Waals surface area (Å²) in [6.45, 7) is 0. The molecule has 0 radical (unpaired) electrons. The van der Waals surface area contributed by atoms with Gasteiger partial charge in [0.25, 0.3) is 0 Å². The minimum atomic E-state index is -4.69. The lowest BCUT2D eigenvalue weighted by atomic mass is 9.96. The summed E-state index contributed by atoms with van der Waals surface area (Å²) in [4.78, 5) is 7.58. The quantitative estimate of drug-likeness (QED) is 0.909. The number of nitriles is 1. The molecule has 1 N–H and O–H groups in total. The highest BCUT2D eigenvalue weighted by atomic mass is 19.4. The Hall–Kier alpha value is -2.99. The summed E-state index contributed by atoms with van der Waals surface area (Å²) in [6, 6.07) is 7.45. The molecule has 1 aliphatic rings. The number of aliphatic hydroxyl groups excluding tert-OH is 1. The molecule has 0 aliphatic carbocycles. The zero-order valence-corrected chi connectivity index (χ0v) is 12.0. The summed E-state index contributed by atoms with van der Waals surface area (Å²) >= 11 is 0. The highest BCUT2D eigenvalue weighted by molar-refractivity contribution is 6.05. The summed E-state index contributed by atoms with van der Waals surface area (Å²) in [5, 5.41) is 23.7. The van der Waals surface area contributed by atoms with Gasteiger partial charge in [0.1, 0.15) is 17.7 Å². The third-order valence-corrected chi connectivity index (χ3v) is 3.50. The van der Waals surface area contributed by atoms with E-state index in [9.17, 15) is 18.3 Å². The van der Waals surface area contributed by atoms with E-state index in [-0.39, 0.29) is 22.7 Å². The van der Waals surface area contributed by atoms with Crippen LogP contribution < -0.4 is 5.01 Å². The fourth-order valence-electron chi connectivity index (χ4n) is 2.39. The van der Waals surface area contributed by atoms with Crippen LogP contribution >= 0.6 is 0 Å². The molecular formula is C15H10F3N5O. The molecule has 0 spiro atoms. The zero-order chi connectivity index (χ0) is 17.3. The van der Waals surface area contributed by atoms with Gasteiger partial charge in [-0.25, -0.2) is 9.99 Å². The first kappa shape index (κ1) is 15.9. The Labute approximate surface area is 134 Å². The van der Waals surface area contributed by atoms with Crippen LogP contribution in [0.15, 0.2) is 48.0 Å². The van der Waals surface area contributed by atoms with Crippen molar-refractivity contribution in [2.45, 2.75) is 12.4 Å². The standard InChI is InChI=1S/C15H10F3N5O/c16-15(17,18)12-13(9-2-1-5-20-7-9)22-23(14(12)24)11-4-3-10(6-19)21-8-11/h1-5,7-8,12,14,24H. The molecule has 0 aromatic carbocycles. The maximum atomic E-state index is 13.4. The zero-order valence-electron chi connectivity index (χ0n) is 12.0. The molecule has 2 unspecified atom stereocenters. The molecule has 0 saturated carbocycles. The lowest BCUT2D eigenvalue weighted by Crippen LogP contribution is -2.42. The van der Waals surface area contributed by atoms with Crippen molar-refractivity contribution in [2.75, 3.05) is 5.01 Å². The SMILES string of the molecule is N#Cc1ccc(N2N=C(c3cccnc3)C(C(F)(F)F)C2O)cn1. The van der Waals surface area contributed by atoms with Crippen LogP contribution in [0.4, 0.5) is 18.9 Å². The Bertz CT molecular complexity index is 799. The van der Waals surface area contributed by atoms with Crippen molar-refractivity contribution < 1.29 is 18.3 Å². The lowest BCUT2D eigenvalue weighted by molar-refractivity contribution is -0.174. The topological polar surface area (TPSA) is 85.4 Å². The monoisotopic (exact) mass is 333 g/mol. The van der Waals surface area contributed by atoms with Crippen molar-refractivity contribution in [3.63, 3.8) is 0 Å². The van der Waals surface area contributed by atoms with Gasteiger partial charge in [-0.2, -0.15) is 23.5 Å². The minimum absolute atomic E-state index is 0.108. The fraction of sp³-hybridized carbons (Fsp3) is 0.200. The summed E-state index contributed by atoms with van der Waals surface area (Å²) in [7, 11) is 0. The number of hydrazone groups is 1. The highest BCUT2D eigenvalue weighted by Gasteiger charge is 2.54. The van der Waals surface area contributed by atoms with Gasteiger partial charge in [-0.1, -0.05) is 0 Å². The number of hydrogen-bond acceptors (Lipinski definition) is 6. The highest BCUT2D eigenvalue weighted by Crippen LogP contribution is 2.39. The molecule has 1 aliphatic heterocycles. The van der Waals surface area contributed by atoms with Gasteiger partial charge in [-0.05, 0) is 24.3 Å². The number of halogens is 3. The van der Waals surface area contributed by atoms with Crippen LogP contribution in [0, 0.1) is 17.2 Å². The third kappa shape index (κ3) is 2.79. The molecule has 2 aromatic heterocycles. The van der Waals surface area contributed by atoms with Crippen molar-refractivity contribution in [1.82, 2.24) is 9.97 Å². The Morgan fingerprint density at radius 3 is 2.54 bits per heavy atom. The van der Waals surface area contributed by atoms with Crippen molar-refractivity contribution in [2.24, 2.45) is 11.0 Å². The minimum Gasteiger partial charge on any atom is -0.371 e. The molecule has 2 aromatic rings. The Morgan fingerprint density at radius 2 is 2.00 bits per heavy atom. The van der Waals surface area contributed by atoms with Gasteiger partial charge in [0.2, 0.25) is 0 Å². The van der Waals surface area contributed by atoms with Crippen LogP contribution in [-0.2, 0) is 0 Å². The first-order valence-corrected chi connectivity index (χ1v) is 6.81. The fourth-order valence-corrected chi connectivity index (χ4v) is 2.39. The summed E-state index contributed by atoms with van der Waals surface area (Å²) < 4.78 is 40.2. The van der Waals surface area contributed by atoms with Crippen molar-refractivity contribution >= 4 is 11.4 Å². The normalized spacial score (nSPS) is 20.6. The molecule has 3 rings (SSSR count). The lowest BCUT2D eigenvalue weighted by Gasteiger charge is -2.24. The average Bonchev–Trinajstić information content (AvgIpc) is 2.93. The van der Waals surface area contributed by atoms with E-state index in [0.29, 0.717) is 0 Å². The van der Waals surface area contributed by atoms with E-state index in [0.717, 1.165) is 5.01 Å². The summed E-state index contributed by atoms with van der Waals surface area (Å²) in [6.07, 6.45) is -2.76. The number of hydrogen-bond donors (Lipinski definition) is 1.